The van der Waals surface area contributed by atoms with Crippen molar-refractivity contribution in [3.63, 3.8) is 0 Å². The zero-order chi connectivity index (χ0) is 13.1. The topological polar surface area (TPSA) is 24.9 Å². The predicted molar refractivity (Wildman–Crippen MR) is 79.5 cm³/mol. The molecule has 0 amide bonds. The highest BCUT2D eigenvalue weighted by atomic mass is 14.8. The normalized spacial score (nSPS) is 13.8. The van der Waals surface area contributed by atoms with Gasteiger partial charge in [-0.05, 0) is 53.6 Å². The summed E-state index contributed by atoms with van der Waals surface area (Å²) in [4.78, 5) is 4.19. The lowest BCUT2D eigenvalue weighted by molar-refractivity contribution is 0.976. The molecule has 0 spiro atoms. The van der Waals surface area contributed by atoms with Gasteiger partial charge in [0.25, 0.3) is 0 Å². The summed E-state index contributed by atoms with van der Waals surface area (Å²) in [5.74, 6) is 0. The maximum Gasteiger partial charge on any atom is 0.0346 e. The van der Waals surface area contributed by atoms with Gasteiger partial charge in [0.1, 0.15) is 0 Å². The molecule has 0 bridgehead atoms. The number of nitrogens with one attached hydrogen (secondary N) is 1. The summed E-state index contributed by atoms with van der Waals surface area (Å²) < 4.78 is 0. The zero-order valence-corrected chi connectivity index (χ0v) is 10.9. The van der Waals surface area contributed by atoms with Crippen LogP contribution in [0.2, 0.25) is 0 Å². The summed E-state index contributed by atoms with van der Waals surface area (Å²) in [6.07, 6.45) is 10.0. The largest absolute Gasteiger partial charge is 0.387 e. The van der Waals surface area contributed by atoms with E-state index in [1.807, 2.05) is 18.5 Å². The fourth-order valence-electron chi connectivity index (χ4n) is 2.32. The lowest BCUT2D eigenvalue weighted by Gasteiger charge is -2.12. The molecule has 1 aliphatic heterocycles. The Kier molecular flexibility index (Phi) is 3.15. The molecular weight excluding hydrogens is 232 g/mol. The van der Waals surface area contributed by atoms with E-state index in [-0.39, 0.29) is 0 Å². The number of nitrogens with zero attached hydrogens (tertiary/aromatic N) is 1. The molecule has 1 aromatic heterocycles. The molecule has 0 fully saturated rings. The van der Waals surface area contributed by atoms with Crippen molar-refractivity contribution >= 4 is 5.57 Å². The average Bonchev–Trinajstić information content (AvgIpc) is 2.48. The summed E-state index contributed by atoms with van der Waals surface area (Å²) in [7, 11) is 0. The monoisotopic (exact) mass is 248 g/mol. The van der Waals surface area contributed by atoms with E-state index in [9.17, 15) is 0 Å². The molecule has 0 aliphatic carbocycles. The van der Waals surface area contributed by atoms with Crippen molar-refractivity contribution in [3.8, 4) is 11.1 Å². The fraction of sp³-hybridized carbons (Fsp3) is 0.118. The Hall–Kier alpha value is -2.35. The van der Waals surface area contributed by atoms with Gasteiger partial charge in [-0.2, -0.15) is 0 Å². The highest BCUT2D eigenvalue weighted by Gasteiger charge is 2.05. The second kappa shape index (κ2) is 5.11. The zero-order valence-electron chi connectivity index (χ0n) is 10.9. The first-order valence-electron chi connectivity index (χ1n) is 6.45. The smallest absolute Gasteiger partial charge is 0.0346 e. The third kappa shape index (κ3) is 2.58. The molecule has 2 aromatic rings. The quantitative estimate of drug-likeness (QED) is 0.879. The molecule has 1 N–H and O–H groups in total. The minimum Gasteiger partial charge on any atom is -0.387 e. The van der Waals surface area contributed by atoms with E-state index in [0.29, 0.717) is 0 Å². The van der Waals surface area contributed by atoms with Crippen LogP contribution in [0, 0.1) is 6.92 Å². The molecule has 3 rings (SSSR count). The van der Waals surface area contributed by atoms with Gasteiger partial charge in [0.05, 0.1) is 0 Å². The van der Waals surface area contributed by atoms with Crippen LogP contribution in [0.1, 0.15) is 11.1 Å². The van der Waals surface area contributed by atoms with Crippen LogP contribution in [-0.2, 0) is 0 Å². The van der Waals surface area contributed by atoms with Gasteiger partial charge < -0.3 is 5.32 Å². The summed E-state index contributed by atoms with van der Waals surface area (Å²) in [6, 6.07) is 10.7. The van der Waals surface area contributed by atoms with Gasteiger partial charge in [0.2, 0.25) is 0 Å². The lowest BCUT2D eigenvalue weighted by atomic mass is 9.96. The SMILES string of the molecule is Cc1cc(C2=CCNC=C2)cc(-c2cccnc2)c1. The van der Waals surface area contributed by atoms with Gasteiger partial charge in [0, 0.05) is 24.5 Å². The number of allylic oxidation sites excluding steroid dienone is 2. The van der Waals surface area contributed by atoms with Crippen molar-refractivity contribution in [2.45, 2.75) is 6.92 Å². The number of dihydropyridines is 1. The average molecular weight is 248 g/mol. The van der Waals surface area contributed by atoms with Crippen LogP contribution in [0.25, 0.3) is 16.7 Å². The standard InChI is InChI=1S/C17H16N2/c1-13-9-16(14-4-7-18-8-5-14)11-17(10-13)15-3-2-6-19-12-15/h2-7,9-12,18H,8H2,1H3. The maximum atomic E-state index is 4.19. The van der Waals surface area contributed by atoms with Crippen molar-refractivity contribution in [2.24, 2.45) is 0 Å². The van der Waals surface area contributed by atoms with E-state index in [1.54, 1.807) is 6.20 Å². The summed E-state index contributed by atoms with van der Waals surface area (Å²) in [5.41, 5.74) is 6.18. The first kappa shape index (κ1) is 11.7. The van der Waals surface area contributed by atoms with Gasteiger partial charge in [-0.25, -0.2) is 0 Å². The molecule has 0 radical (unpaired) electrons. The highest BCUT2D eigenvalue weighted by Crippen LogP contribution is 2.26. The van der Waals surface area contributed by atoms with Crippen LogP contribution in [-0.4, -0.2) is 11.5 Å². The molecule has 2 heterocycles. The minimum absolute atomic E-state index is 0.891. The van der Waals surface area contributed by atoms with Gasteiger partial charge in [-0.1, -0.05) is 24.3 Å². The second-order valence-corrected chi connectivity index (χ2v) is 4.73. The third-order valence-electron chi connectivity index (χ3n) is 3.23. The summed E-state index contributed by atoms with van der Waals surface area (Å²) >= 11 is 0. The molecule has 0 saturated heterocycles. The second-order valence-electron chi connectivity index (χ2n) is 4.73. The van der Waals surface area contributed by atoms with E-state index in [2.05, 4.69) is 53.6 Å². The van der Waals surface area contributed by atoms with Crippen LogP contribution < -0.4 is 5.32 Å². The Morgan fingerprint density at radius 3 is 2.74 bits per heavy atom. The van der Waals surface area contributed by atoms with Crippen molar-refractivity contribution in [2.75, 3.05) is 6.54 Å². The first-order chi connectivity index (χ1) is 9.33. The fourth-order valence-corrected chi connectivity index (χ4v) is 2.32. The van der Waals surface area contributed by atoms with Crippen molar-refractivity contribution < 1.29 is 0 Å². The van der Waals surface area contributed by atoms with E-state index in [0.717, 1.165) is 12.1 Å². The first-order valence-corrected chi connectivity index (χ1v) is 6.45. The molecule has 0 saturated carbocycles. The Labute approximate surface area is 113 Å². The number of hydrogen-bond acceptors (Lipinski definition) is 2. The summed E-state index contributed by atoms with van der Waals surface area (Å²) in [5, 5.41) is 3.18. The maximum absolute atomic E-state index is 4.19. The summed E-state index contributed by atoms with van der Waals surface area (Å²) in [6.45, 7) is 3.02. The third-order valence-corrected chi connectivity index (χ3v) is 3.23. The number of benzene rings is 1. The minimum atomic E-state index is 0.891. The number of pyridine rings is 1. The molecule has 19 heavy (non-hydrogen) atoms. The Morgan fingerprint density at radius 2 is 2.00 bits per heavy atom. The van der Waals surface area contributed by atoms with Gasteiger partial charge in [-0.15, -0.1) is 0 Å². The highest BCUT2D eigenvalue weighted by molar-refractivity contribution is 5.79. The van der Waals surface area contributed by atoms with Crippen LogP contribution in [0.4, 0.5) is 0 Å². The molecule has 2 heteroatoms. The molecule has 94 valence electrons. The number of aromatic nitrogens is 1. The van der Waals surface area contributed by atoms with Crippen LogP contribution in [0.5, 0.6) is 0 Å². The van der Waals surface area contributed by atoms with Crippen LogP contribution >= 0.6 is 0 Å². The number of aryl methyl sites for hydroxylation is 1. The van der Waals surface area contributed by atoms with Crippen LogP contribution in [0.3, 0.4) is 0 Å². The predicted octanol–water partition coefficient (Wildman–Crippen LogP) is 3.56. The van der Waals surface area contributed by atoms with Gasteiger partial charge >= 0.3 is 0 Å². The van der Waals surface area contributed by atoms with E-state index >= 15 is 0 Å². The Morgan fingerprint density at radius 1 is 1.11 bits per heavy atom. The van der Waals surface area contributed by atoms with Gasteiger partial charge in [-0.3, -0.25) is 4.98 Å². The van der Waals surface area contributed by atoms with Crippen molar-refractivity contribution in [1.82, 2.24) is 10.3 Å². The molecule has 0 atom stereocenters. The van der Waals surface area contributed by atoms with Crippen LogP contribution in [0.15, 0.2) is 61.1 Å². The Balaban J connectivity index is 2.06. The van der Waals surface area contributed by atoms with E-state index < -0.39 is 0 Å². The molecular formula is C17H16N2. The Bertz CT molecular complexity index is 640. The molecule has 0 unspecified atom stereocenters. The van der Waals surface area contributed by atoms with E-state index in [1.165, 1.54) is 22.3 Å². The lowest BCUT2D eigenvalue weighted by Crippen LogP contribution is -2.08. The van der Waals surface area contributed by atoms with E-state index in [4.69, 9.17) is 0 Å². The van der Waals surface area contributed by atoms with Crippen molar-refractivity contribution in [1.29, 1.82) is 0 Å². The number of hydrogen-bond donors (Lipinski definition) is 1. The molecule has 1 aliphatic rings. The number of rotatable bonds is 2. The van der Waals surface area contributed by atoms with Crippen molar-refractivity contribution in [3.05, 3.63) is 72.2 Å². The molecule has 1 aromatic carbocycles. The molecule has 2 nitrogen and oxygen atoms in total. The van der Waals surface area contributed by atoms with Gasteiger partial charge in [0.15, 0.2) is 0 Å².